The van der Waals surface area contributed by atoms with E-state index in [4.69, 9.17) is 9.72 Å². The van der Waals surface area contributed by atoms with Gasteiger partial charge in [0.2, 0.25) is 0 Å². The number of benzene rings is 6. The molecule has 9 rings (SSSR count). The molecule has 6 heteroatoms. The van der Waals surface area contributed by atoms with Crippen molar-refractivity contribution in [2.24, 2.45) is 5.92 Å². The van der Waals surface area contributed by atoms with Gasteiger partial charge in [-0.3, -0.25) is 0 Å². The van der Waals surface area contributed by atoms with Crippen LogP contribution in [0.25, 0.3) is 38.8 Å². The molecule has 0 amide bonds. The molecule has 0 spiro atoms. The largest absolute Gasteiger partial charge is 0.509 e. The minimum absolute atomic E-state index is 0. The minimum Gasteiger partial charge on any atom is -0.509 e. The van der Waals surface area contributed by atoms with E-state index in [2.05, 4.69) is 225 Å². The van der Waals surface area contributed by atoms with Gasteiger partial charge in [-0.05, 0) is 98.2 Å². The van der Waals surface area contributed by atoms with Crippen molar-refractivity contribution >= 4 is 44.6 Å². The van der Waals surface area contributed by atoms with Crippen LogP contribution >= 0.6 is 0 Å². The summed E-state index contributed by atoms with van der Waals surface area (Å²) in [5, 5.41) is 2.24. The van der Waals surface area contributed by atoms with E-state index in [1.807, 2.05) is 18.2 Å². The van der Waals surface area contributed by atoms with Crippen LogP contribution in [0.3, 0.4) is 0 Å². The molecule has 0 saturated carbocycles. The number of para-hydroxylation sites is 3. The van der Waals surface area contributed by atoms with Crippen LogP contribution in [0.1, 0.15) is 98.4 Å². The average molecular weight is 1020 g/mol. The Labute approximate surface area is 395 Å². The van der Waals surface area contributed by atoms with Gasteiger partial charge in [-0.2, -0.15) is 12.1 Å². The van der Waals surface area contributed by atoms with Crippen LogP contribution in [0.15, 0.2) is 134 Å². The van der Waals surface area contributed by atoms with E-state index >= 15 is 0 Å². The molecule has 5 nitrogen and oxygen atoms in total. The first-order valence-corrected chi connectivity index (χ1v) is 22.4. The number of hydrogen-bond donors (Lipinski definition) is 0. The Bertz CT molecular complexity index is 2940. The normalized spacial score (nSPS) is 13.2. The zero-order chi connectivity index (χ0) is 44.4. The number of hydrogen-bond acceptors (Lipinski definition) is 4. The summed E-state index contributed by atoms with van der Waals surface area (Å²) in [5.41, 5.74) is 13.9. The second-order valence-electron chi connectivity index (χ2n) is 20.7. The summed E-state index contributed by atoms with van der Waals surface area (Å²) in [6, 6.07) is 52.9. The molecule has 0 atom stereocenters. The summed E-state index contributed by atoms with van der Waals surface area (Å²) in [7, 11) is 0. The van der Waals surface area contributed by atoms with Gasteiger partial charge in [0.1, 0.15) is 5.82 Å². The Morgan fingerprint density at radius 2 is 1.23 bits per heavy atom. The number of nitrogens with zero attached hydrogens (tertiary/aromatic N) is 4. The molecule has 6 aromatic carbocycles. The third-order valence-corrected chi connectivity index (χ3v) is 12.2. The Kier molecular flexibility index (Phi) is 12.0. The molecule has 3 heterocycles. The third kappa shape index (κ3) is 8.77. The van der Waals surface area contributed by atoms with Crippen molar-refractivity contribution in [3.63, 3.8) is 0 Å². The van der Waals surface area contributed by atoms with Crippen LogP contribution in [0, 0.1) is 24.7 Å². The first-order chi connectivity index (χ1) is 29.9. The maximum atomic E-state index is 6.67. The van der Waals surface area contributed by atoms with Gasteiger partial charge in [-0.1, -0.05) is 142 Å². The number of fused-ring (bicyclic) bond motifs is 4. The fraction of sp³-hybridized carbons (Fsp3) is 0.276. The van der Waals surface area contributed by atoms with E-state index in [1.54, 1.807) is 0 Å². The SMILES string of the molecule is CC(C)Cc1cc(-n2c3[c-]c(Oc4[c-]c(N5[CH-]N(c6cc(C(C)(C)C)cc(C(C)(C)C)c6)c6ccccc65)ccc4)ccc3c3ccccc32)ncc1-c1ccc(C(C)(C)C)cc1.[Pt]. The van der Waals surface area contributed by atoms with Crippen molar-refractivity contribution in [2.75, 3.05) is 9.80 Å². The standard InChI is InChI=1S/C58H59N4O.Pt/c1-38(2)29-40-30-55(59-36-50(40)39-23-25-41(26-24-39)56(3,4)5)62-51-20-13-12-19-48(51)49-28-27-47(35-54(49)62)63-46-18-16-17-44(34-46)60-37-61(53-22-15-14-21-52(53)60)45-32-42(57(6,7)8)31-43(33-45)58(9,10)11;/h12-28,30-33,36-38H,29H2,1-11H3;/q-3;. The summed E-state index contributed by atoms with van der Waals surface area (Å²) in [5.74, 6) is 2.56. The van der Waals surface area contributed by atoms with E-state index in [-0.39, 0.29) is 37.3 Å². The van der Waals surface area contributed by atoms with Gasteiger partial charge in [-0.15, -0.1) is 48.1 Å². The molecular weight excluding hydrogens is 964 g/mol. The van der Waals surface area contributed by atoms with Crippen molar-refractivity contribution in [1.82, 2.24) is 9.55 Å². The Morgan fingerprint density at radius 3 is 1.89 bits per heavy atom. The third-order valence-electron chi connectivity index (χ3n) is 12.2. The van der Waals surface area contributed by atoms with Crippen molar-refractivity contribution in [1.29, 1.82) is 0 Å². The zero-order valence-electron chi connectivity index (χ0n) is 39.1. The number of anilines is 4. The number of rotatable bonds is 8. The molecule has 0 saturated heterocycles. The summed E-state index contributed by atoms with van der Waals surface area (Å²) >= 11 is 0. The van der Waals surface area contributed by atoms with Crippen molar-refractivity contribution in [2.45, 2.75) is 98.8 Å². The summed E-state index contributed by atoms with van der Waals surface area (Å²) in [6.07, 6.45) is 2.99. The van der Waals surface area contributed by atoms with E-state index in [9.17, 15) is 0 Å². The van der Waals surface area contributed by atoms with Gasteiger partial charge < -0.3 is 19.1 Å². The van der Waals surface area contributed by atoms with Crippen LogP contribution < -0.4 is 14.5 Å². The average Bonchev–Trinajstić information content (AvgIpc) is 3.79. The van der Waals surface area contributed by atoms with E-state index in [0.717, 1.165) is 56.8 Å². The van der Waals surface area contributed by atoms with Gasteiger partial charge >= 0.3 is 0 Å². The zero-order valence-corrected chi connectivity index (χ0v) is 41.3. The van der Waals surface area contributed by atoms with Gasteiger partial charge in [0.15, 0.2) is 0 Å². The molecule has 1 aliphatic rings. The molecule has 0 aliphatic carbocycles. The minimum atomic E-state index is -0.00000408. The number of pyridine rings is 1. The van der Waals surface area contributed by atoms with E-state index in [0.29, 0.717) is 17.4 Å². The second-order valence-corrected chi connectivity index (χ2v) is 20.7. The smallest absolute Gasteiger partial charge is 0.135 e. The number of ether oxygens (including phenoxy) is 1. The topological polar surface area (TPSA) is 33.5 Å². The van der Waals surface area contributed by atoms with Crippen molar-refractivity contribution < 1.29 is 25.8 Å². The van der Waals surface area contributed by atoms with Gasteiger partial charge in [0.25, 0.3) is 0 Å². The molecule has 1 aliphatic heterocycles. The van der Waals surface area contributed by atoms with Gasteiger partial charge in [-0.25, -0.2) is 4.98 Å². The Morgan fingerprint density at radius 1 is 0.609 bits per heavy atom. The van der Waals surface area contributed by atoms with Gasteiger partial charge in [0.05, 0.1) is 0 Å². The molecule has 0 N–H and O–H groups in total. The summed E-state index contributed by atoms with van der Waals surface area (Å²) in [4.78, 5) is 9.68. The van der Waals surface area contributed by atoms with Crippen LogP contribution in [0.5, 0.6) is 11.5 Å². The predicted octanol–water partition coefficient (Wildman–Crippen LogP) is 15.7. The van der Waals surface area contributed by atoms with Gasteiger partial charge in [0, 0.05) is 66.9 Å². The monoisotopic (exact) mass is 1020 g/mol. The fourth-order valence-corrected chi connectivity index (χ4v) is 8.68. The first kappa shape index (κ1) is 44.9. The van der Waals surface area contributed by atoms with Crippen LogP contribution in [0.4, 0.5) is 22.7 Å². The molecule has 64 heavy (non-hydrogen) atoms. The number of aromatic nitrogens is 2. The van der Waals surface area contributed by atoms with Crippen LogP contribution in [0.2, 0.25) is 0 Å². The van der Waals surface area contributed by atoms with Crippen LogP contribution in [-0.4, -0.2) is 9.55 Å². The fourth-order valence-electron chi connectivity index (χ4n) is 8.68. The molecule has 0 bridgehead atoms. The van der Waals surface area contributed by atoms with E-state index < -0.39 is 0 Å². The molecule has 0 unspecified atom stereocenters. The predicted molar refractivity (Wildman–Crippen MR) is 264 cm³/mol. The summed E-state index contributed by atoms with van der Waals surface area (Å²) < 4.78 is 8.90. The first-order valence-electron chi connectivity index (χ1n) is 22.4. The Hall–Kier alpha value is -5.64. The molecule has 2 aromatic heterocycles. The Balaban J connectivity index is 0.00000560. The van der Waals surface area contributed by atoms with E-state index in [1.165, 1.54) is 33.4 Å². The van der Waals surface area contributed by atoms with Crippen molar-refractivity contribution in [3.8, 4) is 28.4 Å². The molecule has 330 valence electrons. The maximum Gasteiger partial charge on any atom is 0.135 e. The molecular formula is C58H59N4OPt-3. The quantitative estimate of drug-likeness (QED) is 0.142. The maximum absolute atomic E-state index is 6.67. The molecule has 0 fully saturated rings. The van der Waals surface area contributed by atoms with Crippen molar-refractivity contribution in [3.05, 3.63) is 175 Å². The molecule has 8 aromatic rings. The summed E-state index contributed by atoms with van der Waals surface area (Å²) in [6.45, 7) is 27.2. The second kappa shape index (κ2) is 17.1. The molecule has 0 radical (unpaired) electrons. The van der Waals surface area contributed by atoms with Crippen LogP contribution in [-0.2, 0) is 43.7 Å².